The Balaban J connectivity index is 2.80. The molecule has 1 aromatic rings. The van der Waals surface area contributed by atoms with Crippen LogP contribution in [0.5, 0.6) is 0 Å². The van der Waals surface area contributed by atoms with Crippen LogP contribution in [0.25, 0.3) is 0 Å². The number of halogens is 2. The second kappa shape index (κ2) is 5.22. The molecule has 0 unspecified atom stereocenters. The Kier molecular flexibility index (Phi) is 4.22. The number of hydrogen-bond acceptors (Lipinski definition) is 2. The number of nitrogens with one attached hydrogen (secondary N) is 1. The molecule has 0 aliphatic carbocycles. The van der Waals surface area contributed by atoms with Crippen LogP contribution in [0.2, 0.25) is 5.02 Å². The topological polar surface area (TPSA) is 29.1 Å². The van der Waals surface area contributed by atoms with Gasteiger partial charge < -0.3 is 5.32 Å². The van der Waals surface area contributed by atoms with Crippen molar-refractivity contribution in [2.24, 2.45) is 0 Å². The van der Waals surface area contributed by atoms with Crippen molar-refractivity contribution in [2.45, 2.75) is 0 Å². The molecule has 0 aliphatic rings. The lowest BCUT2D eigenvalue weighted by Crippen LogP contribution is -2.25. The third-order valence-corrected chi connectivity index (χ3v) is 2.11. The van der Waals surface area contributed by atoms with Crippen molar-refractivity contribution < 1.29 is 9.18 Å². The zero-order chi connectivity index (χ0) is 10.6. The monoisotopic (exact) mass is 233 g/mol. The lowest BCUT2D eigenvalue weighted by molar-refractivity contribution is 0.0956. The molecule has 0 radical (unpaired) electrons. The molecule has 76 valence electrons. The van der Waals surface area contributed by atoms with Crippen molar-refractivity contribution in [2.75, 3.05) is 12.3 Å². The molecule has 1 aromatic carbocycles. The Bertz CT molecular complexity index is 346. The summed E-state index contributed by atoms with van der Waals surface area (Å²) in [5, 5.41) is 2.70. The summed E-state index contributed by atoms with van der Waals surface area (Å²) in [6.07, 6.45) is 0. The van der Waals surface area contributed by atoms with Gasteiger partial charge in [0, 0.05) is 12.3 Å². The van der Waals surface area contributed by atoms with Crippen LogP contribution in [0, 0.1) is 5.82 Å². The summed E-state index contributed by atoms with van der Waals surface area (Å²) in [6, 6.07) is 3.66. The Morgan fingerprint density at radius 1 is 1.57 bits per heavy atom. The minimum Gasteiger partial charge on any atom is -0.351 e. The van der Waals surface area contributed by atoms with Gasteiger partial charge in [0.25, 0.3) is 5.91 Å². The smallest absolute Gasteiger partial charge is 0.252 e. The Morgan fingerprint density at radius 3 is 2.86 bits per heavy atom. The van der Waals surface area contributed by atoms with Crippen molar-refractivity contribution in [3.63, 3.8) is 0 Å². The van der Waals surface area contributed by atoms with Gasteiger partial charge in [0.15, 0.2) is 0 Å². The van der Waals surface area contributed by atoms with Crippen molar-refractivity contribution in [1.29, 1.82) is 0 Å². The average molecular weight is 234 g/mol. The van der Waals surface area contributed by atoms with E-state index in [0.717, 1.165) is 6.07 Å². The normalized spacial score (nSPS) is 9.93. The molecular formula is C9H9ClFNOS. The highest BCUT2D eigenvalue weighted by Crippen LogP contribution is 2.16. The van der Waals surface area contributed by atoms with Crippen LogP contribution >= 0.6 is 24.2 Å². The van der Waals surface area contributed by atoms with Crippen LogP contribution in [-0.4, -0.2) is 18.2 Å². The Hall–Kier alpha value is -0.740. The molecule has 0 saturated carbocycles. The number of thiol groups is 1. The van der Waals surface area contributed by atoms with Gasteiger partial charge in [-0.2, -0.15) is 12.6 Å². The Labute approximate surface area is 91.9 Å². The van der Waals surface area contributed by atoms with Gasteiger partial charge in [0.2, 0.25) is 0 Å². The number of hydrogen-bond donors (Lipinski definition) is 2. The molecule has 0 spiro atoms. The maximum Gasteiger partial charge on any atom is 0.252 e. The van der Waals surface area contributed by atoms with E-state index in [1.165, 1.54) is 12.1 Å². The van der Waals surface area contributed by atoms with E-state index in [-0.39, 0.29) is 16.5 Å². The predicted molar refractivity (Wildman–Crippen MR) is 57.6 cm³/mol. The lowest BCUT2D eigenvalue weighted by atomic mass is 10.2. The average Bonchev–Trinajstić information content (AvgIpc) is 2.14. The fraction of sp³-hybridized carbons (Fsp3) is 0.222. The first kappa shape index (κ1) is 11.3. The van der Waals surface area contributed by atoms with Gasteiger partial charge in [-0.3, -0.25) is 4.79 Å². The molecule has 0 heterocycles. The molecule has 0 saturated heterocycles. The van der Waals surface area contributed by atoms with E-state index in [0.29, 0.717) is 12.3 Å². The van der Waals surface area contributed by atoms with E-state index in [9.17, 15) is 9.18 Å². The fourth-order valence-corrected chi connectivity index (χ4v) is 1.30. The molecule has 14 heavy (non-hydrogen) atoms. The summed E-state index contributed by atoms with van der Waals surface area (Å²) in [7, 11) is 0. The first-order valence-corrected chi connectivity index (χ1v) is 5.00. The molecular weight excluding hydrogens is 225 g/mol. The zero-order valence-electron chi connectivity index (χ0n) is 7.26. The van der Waals surface area contributed by atoms with Gasteiger partial charge in [0.05, 0.1) is 10.6 Å². The molecule has 0 aliphatic heterocycles. The van der Waals surface area contributed by atoms with Crippen LogP contribution in [0.15, 0.2) is 18.2 Å². The summed E-state index contributed by atoms with van der Waals surface area (Å²) in [5.41, 5.74) is 0.273. The summed E-state index contributed by atoms with van der Waals surface area (Å²) in [5.74, 6) is -0.227. The third-order valence-electron chi connectivity index (χ3n) is 1.57. The van der Waals surface area contributed by atoms with Crippen LogP contribution in [-0.2, 0) is 0 Å². The van der Waals surface area contributed by atoms with E-state index in [2.05, 4.69) is 17.9 Å². The van der Waals surface area contributed by atoms with Gasteiger partial charge in [-0.05, 0) is 18.2 Å². The van der Waals surface area contributed by atoms with Crippen molar-refractivity contribution in [3.05, 3.63) is 34.6 Å². The number of carbonyl (C=O) groups excluding carboxylic acids is 1. The highest BCUT2D eigenvalue weighted by molar-refractivity contribution is 7.80. The van der Waals surface area contributed by atoms with E-state index in [4.69, 9.17) is 11.6 Å². The first-order chi connectivity index (χ1) is 6.65. The lowest BCUT2D eigenvalue weighted by Gasteiger charge is -2.04. The zero-order valence-corrected chi connectivity index (χ0v) is 8.91. The van der Waals surface area contributed by atoms with Gasteiger partial charge in [-0.15, -0.1) is 0 Å². The standard InChI is InChI=1S/C9H9ClFNOS/c10-8-5-6(11)1-2-7(8)9(13)12-3-4-14/h1-2,5,14H,3-4H2,(H,12,13). The number of amides is 1. The van der Waals surface area contributed by atoms with Crippen LogP contribution < -0.4 is 5.32 Å². The highest BCUT2D eigenvalue weighted by Gasteiger charge is 2.09. The van der Waals surface area contributed by atoms with Gasteiger partial charge in [-0.25, -0.2) is 4.39 Å². The molecule has 2 nitrogen and oxygen atoms in total. The highest BCUT2D eigenvalue weighted by atomic mass is 35.5. The van der Waals surface area contributed by atoms with E-state index in [1.54, 1.807) is 0 Å². The second-order valence-corrected chi connectivity index (χ2v) is 3.46. The van der Waals surface area contributed by atoms with Gasteiger partial charge >= 0.3 is 0 Å². The summed E-state index contributed by atoms with van der Waals surface area (Å²) in [6.45, 7) is 0.454. The quantitative estimate of drug-likeness (QED) is 0.770. The molecule has 0 bridgehead atoms. The fourth-order valence-electron chi connectivity index (χ4n) is 0.938. The predicted octanol–water partition coefficient (Wildman–Crippen LogP) is 2.14. The van der Waals surface area contributed by atoms with Crippen molar-refractivity contribution in [3.8, 4) is 0 Å². The summed E-state index contributed by atoms with van der Waals surface area (Å²) >= 11 is 9.63. The summed E-state index contributed by atoms with van der Waals surface area (Å²) in [4.78, 5) is 11.4. The van der Waals surface area contributed by atoms with Crippen molar-refractivity contribution in [1.82, 2.24) is 5.32 Å². The largest absolute Gasteiger partial charge is 0.351 e. The molecule has 1 N–H and O–H groups in total. The van der Waals surface area contributed by atoms with Crippen LogP contribution in [0.3, 0.4) is 0 Å². The van der Waals surface area contributed by atoms with Gasteiger partial charge in [0.1, 0.15) is 5.82 Å². The number of carbonyl (C=O) groups is 1. The molecule has 0 atom stereocenters. The summed E-state index contributed by atoms with van der Waals surface area (Å²) < 4.78 is 12.6. The molecule has 1 amide bonds. The van der Waals surface area contributed by atoms with E-state index < -0.39 is 5.82 Å². The van der Waals surface area contributed by atoms with Crippen LogP contribution in [0.4, 0.5) is 4.39 Å². The first-order valence-electron chi connectivity index (χ1n) is 3.99. The molecule has 0 aromatic heterocycles. The second-order valence-electron chi connectivity index (χ2n) is 2.60. The minimum atomic E-state index is -0.458. The Morgan fingerprint density at radius 2 is 2.29 bits per heavy atom. The van der Waals surface area contributed by atoms with Gasteiger partial charge in [-0.1, -0.05) is 11.6 Å². The third kappa shape index (κ3) is 2.89. The number of rotatable bonds is 3. The molecule has 0 fully saturated rings. The number of benzene rings is 1. The van der Waals surface area contributed by atoms with E-state index in [1.807, 2.05) is 0 Å². The SMILES string of the molecule is O=C(NCCS)c1ccc(F)cc1Cl. The molecule has 1 rings (SSSR count). The maximum absolute atomic E-state index is 12.6. The van der Waals surface area contributed by atoms with Crippen LogP contribution in [0.1, 0.15) is 10.4 Å². The molecule has 5 heteroatoms. The van der Waals surface area contributed by atoms with Crippen molar-refractivity contribution >= 4 is 30.1 Å². The maximum atomic E-state index is 12.6. The minimum absolute atomic E-state index is 0.113. The van der Waals surface area contributed by atoms with E-state index >= 15 is 0 Å².